The second-order valence-corrected chi connectivity index (χ2v) is 5.38. The maximum absolute atomic E-state index is 12.3. The zero-order valence-corrected chi connectivity index (χ0v) is 14.8. The minimum Gasteiger partial charge on any atom is -0.496 e. The minimum atomic E-state index is -0.757. The van der Waals surface area contributed by atoms with Gasteiger partial charge in [-0.15, -0.1) is 0 Å². The number of rotatable bonds is 6. The first kappa shape index (κ1) is 19.1. The van der Waals surface area contributed by atoms with Gasteiger partial charge in [-0.2, -0.15) is 5.26 Å². The fourth-order valence-corrected chi connectivity index (χ4v) is 2.36. The predicted octanol–water partition coefficient (Wildman–Crippen LogP) is 3.02. The van der Waals surface area contributed by atoms with E-state index in [1.807, 2.05) is 6.07 Å². The van der Waals surface area contributed by atoms with Crippen LogP contribution in [0.25, 0.3) is 0 Å². The number of nitriles is 1. The summed E-state index contributed by atoms with van der Waals surface area (Å²) in [6.07, 6.45) is 0. The lowest BCUT2D eigenvalue weighted by Gasteiger charge is -2.12. The molecule has 0 aliphatic carbocycles. The summed E-state index contributed by atoms with van der Waals surface area (Å²) in [5.74, 6) is -0.775. The van der Waals surface area contributed by atoms with E-state index >= 15 is 0 Å². The Hall–Kier alpha value is -3.24. The second-order valence-electron chi connectivity index (χ2n) is 4.97. The van der Waals surface area contributed by atoms with Gasteiger partial charge in [-0.05, 0) is 30.3 Å². The Bertz CT molecular complexity index is 854. The average molecular weight is 375 g/mol. The van der Waals surface area contributed by atoms with E-state index in [9.17, 15) is 9.59 Å². The molecule has 7 nitrogen and oxygen atoms in total. The van der Waals surface area contributed by atoms with Crippen molar-refractivity contribution >= 4 is 29.2 Å². The number of methoxy groups -OCH3 is 2. The molecule has 1 N–H and O–H groups in total. The standard InChI is InChI=1S/C18H15ClN2O5/c1-24-14-4-3-5-15(25-2)17(14)18(23)26-10-16(22)21-12-7-6-11(9-20)13(19)8-12/h3-8H,10H2,1-2H3,(H,21,22). The number of hydrogen-bond acceptors (Lipinski definition) is 6. The maximum Gasteiger partial charge on any atom is 0.346 e. The third-order valence-corrected chi connectivity index (χ3v) is 3.65. The Labute approximate surface area is 155 Å². The van der Waals surface area contributed by atoms with Crippen molar-refractivity contribution in [3.8, 4) is 17.6 Å². The Morgan fingerprint density at radius 2 is 1.81 bits per heavy atom. The van der Waals surface area contributed by atoms with Crippen LogP contribution >= 0.6 is 11.6 Å². The highest BCUT2D eigenvalue weighted by Crippen LogP contribution is 2.28. The number of esters is 1. The van der Waals surface area contributed by atoms with Crippen molar-refractivity contribution in [2.45, 2.75) is 0 Å². The van der Waals surface area contributed by atoms with E-state index in [4.69, 9.17) is 31.1 Å². The van der Waals surface area contributed by atoms with E-state index in [0.29, 0.717) is 11.3 Å². The fraction of sp³-hybridized carbons (Fsp3) is 0.167. The van der Waals surface area contributed by atoms with Crippen molar-refractivity contribution in [3.63, 3.8) is 0 Å². The number of carbonyl (C=O) groups excluding carboxylic acids is 2. The highest BCUT2D eigenvalue weighted by molar-refractivity contribution is 6.32. The summed E-state index contributed by atoms with van der Waals surface area (Å²) in [7, 11) is 2.82. The smallest absolute Gasteiger partial charge is 0.346 e. The molecule has 0 radical (unpaired) electrons. The minimum absolute atomic E-state index is 0.0896. The SMILES string of the molecule is COc1cccc(OC)c1C(=O)OCC(=O)Nc1ccc(C#N)c(Cl)c1. The van der Waals surface area contributed by atoms with Gasteiger partial charge in [0.2, 0.25) is 0 Å². The number of ether oxygens (including phenoxy) is 3. The molecule has 0 atom stereocenters. The molecular weight excluding hydrogens is 360 g/mol. The summed E-state index contributed by atoms with van der Waals surface area (Å²) < 4.78 is 15.3. The van der Waals surface area contributed by atoms with Gasteiger partial charge in [0.05, 0.1) is 24.8 Å². The van der Waals surface area contributed by atoms with Crippen LogP contribution in [0.5, 0.6) is 11.5 Å². The maximum atomic E-state index is 12.3. The lowest BCUT2D eigenvalue weighted by Crippen LogP contribution is -2.21. The van der Waals surface area contributed by atoms with Crippen molar-refractivity contribution in [3.05, 3.63) is 52.5 Å². The van der Waals surface area contributed by atoms with Crippen molar-refractivity contribution < 1.29 is 23.8 Å². The largest absolute Gasteiger partial charge is 0.496 e. The van der Waals surface area contributed by atoms with Gasteiger partial charge in [-0.1, -0.05) is 17.7 Å². The summed E-state index contributed by atoms with van der Waals surface area (Å²) in [6, 6.07) is 11.2. The molecule has 1 amide bonds. The van der Waals surface area contributed by atoms with Crippen LogP contribution in [0, 0.1) is 11.3 Å². The number of anilines is 1. The van der Waals surface area contributed by atoms with Crippen LogP contribution in [-0.2, 0) is 9.53 Å². The van der Waals surface area contributed by atoms with E-state index in [1.165, 1.54) is 32.4 Å². The number of nitrogens with one attached hydrogen (secondary N) is 1. The molecule has 134 valence electrons. The molecule has 0 heterocycles. The van der Waals surface area contributed by atoms with Crippen LogP contribution in [-0.4, -0.2) is 32.7 Å². The summed E-state index contributed by atoms with van der Waals surface area (Å²) >= 11 is 5.90. The number of amides is 1. The van der Waals surface area contributed by atoms with Crippen molar-refractivity contribution in [2.75, 3.05) is 26.1 Å². The molecule has 26 heavy (non-hydrogen) atoms. The number of benzene rings is 2. The summed E-state index contributed by atoms with van der Waals surface area (Å²) in [4.78, 5) is 24.2. The molecule has 0 unspecified atom stereocenters. The van der Waals surface area contributed by atoms with Gasteiger partial charge in [-0.3, -0.25) is 4.79 Å². The Morgan fingerprint density at radius 3 is 2.35 bits per heavy atom. The molecule has 0 aromatic heterocycles. The highest BCUT2D eigenvalue weighted by atomic mass is 35.5. The molecule has 0 aliphatic rings. The summed E-state index contributed by atoms with van der Waals surface area (Å²) in [5.41, 5.74) is 0.760. The normalized spacial score (nSPS) is 9.77. The van der Waals surface area contributed by atoms with Gasteiger partial charge in [0, 0.05) is 5.69 Å². The highest BCUT2D eigenvalue weighted by Gasteiger charge is 2.20. The van der Waals surface area contributed by atoms with Gasteiger partial charge >= 0.3 is 5.97 Å². The predicted molar refractivity (Wildman–Crippen MR) is 94.6 cm³/mol. The topological polar surface area (TPSA) is 97.7 Å². The Kier molecular flexibility index (Phi) is 6.42. The average Bonchev–Trinajstić information content (AvgIpc) is 2.65. The quantitative estimate of drug-likeness (QED) is 0.780. The molecule has 2 rings (SSSR count). The first-order valence-electron chi connectivity index (χ1n) is 7.37. The van der Waals surface area contributed by atoms with Gasteiger partial charge in [-0.25, -0.2) is 4.79 Å². The van der Waals surface area contributed by atoms with Crippen LogP contribution in [0.2, 0.25) is 5.02 Å². The van der Waals surface area contributed by atoms with Crippen LogP contribution in [0.1, 0.15) is 15.9 Å². The van der Waals surface area contributed by atoms with Crippen LogP contribution in [0.15, 0.2) is 36.4 Å². The number of carbonyl (C=O) groups is 2. The zero-order chi connectivity index (χ0) is 19.1. The van der Waals surface area contributed by atoms with Gasteiger partial charge in [0.25, 0.3) is 5.91 Å². The van der Waals surface area contributed by atoms with Gasteiger partial charge in [0.15, 0.2) is 6.61 Å². The monoisotopic (exact) mass is 374 g/mol. The molecule has 0 saturated carbocycles. The number of halogens is 1. The molecule has 0 bridgehead atoms. The summed E-state index contributed by atoms with van der Waals surface area (Å²) in [5, 5.41) is 11.6. The molecule has 2 aromatic carbocycles. The van der Waals surface area contributed by atoms with E-state index in [-0.39, 0.29) is 22.1 Å². The second kappa shape index (κ2) is 8.74. The van der Waals surface area contributed by atoms with Gasteiger partial charge in [0.1, 0.15) is 23.1 Å². The lowest BCUT2D eigenvalue weighted by atomic mass is 10.2. The molecule has 8 heteroatoms. The lowest BCUT2D eigenvalue weighted by molar-refractivity contribution is -0.119. The van der Waals surface area contributed by atoms with E-state index in [0.717, 1.165) is 0 Å². The number of nitrogens with zero attached hydrogens (tertiary/aromatic N) is 1. The van der Waals surface area contributed by atoms with E-state index in [1.54, 1.807) is 18.2 Å². The van der Waals surface area contributed by atoms with E-state index < -0.39 is 18.5 Å². The molecule has 2 aromatic rings. The van der Waals surface area contributed by atoms with Crippen molar-refractivity contribution in [1.29, 1.82) is 5.26 Å². The third kappa shape index (κ3) is 4.43. The Morgan fingerprint density at radius 1 is 1.15 bits per heavy atom. The van der Waals surface area contributed by atoms with Crippen molar-refractivity contribution in [1.82, 2.24) is 0 Å². The molecule has 0 aliphatic heterocycles. The molecule has 0 spiro atoms. The Balaban J connectivity index is 2.03. The number of hydrogen-bond donors (Lipinski definition) is 1. The van der Waals surface area contributed by atoms with Gasteiger partial charge < -0.3 is 19.5 Å². The van der Waals surface area contributed by atoms with E-state index in [2.05, 4.69) is 5.32 Å². The molecule has 0 saturated heterocycles. The first-order chi connectivity index (χ1) is 12.5. The van der Waals surface area contributed by atoms with Crippen LogP contribution in [0.4, 0.5) is 5.69 Å². The van der Waals surface area contributed by atoms with Crippen LogP contribution in [0.3, 0.4) is 0 Å². The fourth-order valence-electron chi connectivity index (χ4n) is 2.14. The zero-order valence-electron chi connectivity index (χ0n) is 14.0. The molecule has 0 fully saturated rings. The third-order valence-electron chi connectivity index (χ3n) is 3.34. The summed E-state index contributed by atoms with van der Waals surface area (Å²) in [6.45, 7) is -0.516. The molecular formula is C18H15ClN2O5. The van der Waals surface area contributed by atoms with Crippen LogP contribution < -0.4 is 14.8 Å². The van der Waals surface area contributed by atoms with Crippen molar-refractivity contribution in [2.24, 2.45) is 0 Å². The first-order valence-corrected chi connectivity index (χ1v) is 7.75.